The lowest BCUT2D eigenvalue weighted by molar-refractivity contribution is -0.119. The molecule has 3 nitrogen and oxygen atoms in total. The minimum atomic E-state index is -0.122. The van der Waals surface area contributed by atoms with Crippen LogP contribution in [0.15, 0.2) is 72.8 Å². The number of carbonyl (C=O) groups excluding carboxylic acids is 1. The van der Waals surface area contributed by atoms with Gasteiger partial charge in [0, 0.05) is 17.8 Å². The molecule has 0 bridgehead atoms. The Morgan fingerprint density at radius 3 is 1.85 bits per heavy atom. The van der Waals surface area contributed by atoms with Crippen molar-refractivity contribution in [3.8, 4) is 5.75 Å². The van der Waals surface area contributed by atoms with E-state index < -0.39 is 0 Å². The Balaban J connectivity index is 0.000000206. The topological polar surface area (TPSA) is 49.3 Å². The number of hydrogen-bond acceptors (Lipinski definition) is 3. The number of nitrogens with one attached hydrogen (secondary N) is 1. The average molecular weight is 345 g/mol. The van der Waals surface area contributed by atoms with Crippen molar-refractivity contribution in [2.75, 3.05) is 5.32 Å². The molecule has 0 radical (unpaired) electrons. The van der Waals surface area contributed by atoms with E-state index in [0.717, 1.165) is 22.5 Å². The molecule has 26 heavy (non-hydrogen) atoms. The smallest absolute Gasteiger partial charge is 0.144 e. The van der Waals surface area contributed by atoms with Crippen molar-refractivity contribution in [2.24, 2.45) is 0 Å². The van der Waals surface area contributed by atoms with Gasteiger partial charge in [-0.3, -0.25) is 4.79 Å². The van der Waals surface area contributed by atoms with Gasteiger partial charge in [0.2, 0.25) is 0 Å². The fourth-order valence-electron chi connectivity index (χ4n) is 3.13. The third-order valence-electron chi connectivity index (χ3n) is 4.52. The third-order valence-corrected chi connectivity index (χ3v) is 4.52. The lowest BCUT2D eigenvalue weighted by atomic mass is 9.82. The van der Waals surface area contributed by atoms with Crippen LogP contribution in [0.25, 0.3) is 0 Å². The largest absolute Gasteiger partial charge is 0.508 e. The van der Waals surface area contributed by atoms with E-state index in [0.29, 0.717) is 12.2 Å². The summed E-state index contributed by atoms with van der Waals surface area (Å²) in [5.41, 5.74) is 5.43. The van der Waals surface area contributed by atoms with Gasteiger partial charge in [-0.15, -0.1) is 0 Å². The number of para-hydroxylation sites is 2. The molecular formula is C23H23NO2. The lowest BCUT2D eigenvalue weighted by Crippen LogP contribution is -2.19. The highest BCUT2D eigenvalue weighted by Gasteiger charge is 2.29. The molecule has 132 valence electrons. The van der Waals surface area contributed by atoms with Gasteiger partial charge in [-0.05, 0) is 42.3 Å². The van der Waals surface area contributed by atoms with E-state index in [2.05, 4.69) is 5.32 Å². The quantitative estimate of drug-likeness (QED) is 0.640. The molecule has 1 aliphatic rings. The zero-order chi connectivity index (χ0) is 18.5. The van der Waals surface area contributed by atoms with Gasteiger partial charge < -0.3 is 10.4 Å². The Morgan fingerprint density at radius 1 is 0.885 bits per heavy atom. The van der Waals surface area contributed by atoms with Crippen LogP contribution in [0.1, 0.15) is 36.0 Å². The summed E-state index contributed by atoms with van der Waals surface area (Å²) in [6, 6.07) is 23.2. The van der Waals surface area contributed by atoms with Crippen molar-refractivity contribution >= 4 is 17.2 Å². The van der Waals surface area contributed by atoms with Crippen LogP contribution in [0, 0.1) is 6.92 Å². The maximum absolute atomic E-state index is 12.3. The number of anilines is 2. The Labute approximate surface area is 154 Å². The second-order valence-corrected chi connectivity index (χ2v) is 6.39. The molecule has 0 saturated carbocycles. The number of benzene rings is 3. The molecule has 3 heteroatoms. The third kappa shape index (κ3) is 3.77. The van der Waals surface area contributed by atoms with Crippen LogP contribution in [-0.2, 0) is 4.79 Å². The number of phenols is 1. The van der Waals surface area contributed by atoms with Crippen LogP contribution < -0.4 is 5.32 Å². The molecular weight excluding hydrogens is 322 g/mol. The maximum Gasteiger partial charge on any atom is 0.144 e. The summed E-state index contributed by atoms with van der Waals surface area (Å²) in [5.74, 6) is 0.482. The fraction of sp³-hybridized carbons (Fsp3) is 0.174. The molecule has 1 aliphatic heterocycles. The average Bonchev–Trinajstić information content (AvgIpc) is 2.68. The van der Waals surface area contributed by atoms with E-state index in [1.54, 1.807) is 12.1 Å². The monoisotopic (exact) mass is 345 g/mol. The van der Waals surface area contributed by atoms with Crippen molar-refractivity contribution in [1.29, 1.82) is 0 Å². The second-order valence-electron chi connectivity index (χ2n) is 6.39. The normalized spacial score (nSPS) is 12.1. The second kappa shape index (κ2) is 7.87. The molecule has 0 spiro atoms. The summed E-state index contributed by atoms with van der Waals surface area (Å²) in [5, 5.41) is 12.2. The number of Topliss-reactive ketones (excluding diaryl/α,β-unsaturated/α-hetero) is 1. The summed E-state index contributed by atoms with van der Waals surface area (Å²) < 4.78 is 0. The van der Waals surface area contributed by atoms with Crippen molar-refractivity contribution in [3.63, 3.8) is 0 Å². The number of rotatable bonds is 2. The summed E-state index contributed by atoms with van der Waals surface area (Å²) >= 11 is 0. The van der Waals surface area contributed by atoms with E-state index >= 15 is 0 Å². The molecule has 0 atom stereocenters. The first-order valence-corrected chi connectivity index (χ1v) is 8.83. The van der Waals surface area contributed by atoms with E-state index in [1.807, 2.05) is 74.5 Å². The molecule has 3 aromatic rings. The van der Waals surface area contributed by atoms with Gasteiger partial charge in [0.25, 0.3) is 0 Å². The SMILES string of the molecule is CCC(=O)C1c2ccccc2Nc2ccccc21.Cc1ccc(O)cc1. The maximum atomic E-state index is 12.3. The highest BCUT2D eigenvalue weighted by molar-refractivity contribution is 5.94. The van der Waals surface area contributed by atoms with Gasteiger partial charge in [-0.2, -0.15) is 0 Å². The van der Waals surface area contributed by atoms with Crippen molar-refractivity contribution < 1.29 is 9.90 Å². The molecule has 1 heterocycles. The summed E-state index contributed by atoms with van der Waals surface area (Å²) in [6.07, 6.45) is 0.563. The first-order chi connectivity index (χ1) is 12.6. The molecule has 0 aromatic heterocycles. The summed E-state index contributed by atoms with van der Waals surface area (Å²) in [4.78, 5) is 12.3. The Bertz CT molecular complexity index is 834. The van der Waals surface area contributed by atoms with Crippen LogP contribution in [-0.4, -0.2) is 10.9 Å². The van der Waals surface area contributed by atoms with E-state index in [4.69, 9.17) is 5.11 Å². The minimum Gasteiger partial charge on any atom is -0.508 e. The number of hydrogen-bond donors (Lipinski definition) is 2. The lowest BCUT2D eigenvalue weighted by Gasteiger charge is -2.28. The standard InChI is InChI=1S/C16H15NO.C7H8O/c1-2-15(18)16-11-7-3-5-9-13(11)17-14-10-6-4-8-12(14)16;1-6-2-4-7(8)5-3-6/h3-10,16-17H,2H2,1H3;2-5,8H,1H3. The number of fused-ring (bicyclic) bond motifs is 2. The first kappa shape index (κ1) is 17.7. The molecule has 3 aromatic carbocycles. The zero-order valence-corrected chi connectivity index (χ0v) is 15.1. The van der Waals surface area contributed by atoms with Crippen molar-refractivity contribution in [1.82, 2.24) is 0 Å². The number of ketones is 1. The molecule has 2 N–H and O–H groups in total. The fourth-order valence-corrected chi connectivity index (χ4v) is 3.13. The van der Waals surface area contributed by atoms with Crippen LogP contribution in [0.5, 0.6) is 5.75 Å². The van der Waals surface area contributed by atoms with Crippen molar-refractivity contribution in [2.45, 2.75) is 26.2 Å². The highest BCUT2D eigenvalue weighted by Crippen LogP contribution is 2.41. The molecule has 0 fully saturated rings. The number of aromatic hydroxyl groups is 1. The van der Waals surface area contributed by atoms with E-state index in [1.165, 1.54) is 5.56 Å². The molecule has 0 amide bonds. The van der Waals surface area contributed by atoms with E-state index in [-0.39, 0.29) is 11.7 Å². The highest BCUT2D eigenvalue weighted by atomic mass is 16.3. The number of phenolic OH excluding ortho intramolecular Hbond substituents is 1. The molecule has 0 unspecified atom stereocenters. The van der Waals surface area contributed by atoms with Gasteiger partial charge in [0.15, 0.2) is 0 Å². The van der Waals surface area contributed by atoms with Gasteiger partial charge in [-0.25, -0.2) is 0 Å². The molecule has 0 aliphatic carbocycles. The van der Waals surface area contributed by atoms with Crippen LogP contribution in [0.4, 0.5) is 11.4 Å². The van der Waals surface area contributed by atoms with Crippen LogP contribution >= 0.6 is 0 Å². The predicted octanol–water partition coefficient (Wildman–Crippen LogP) is 5.56. The molecule has 0 saturated heterocycles. The predicted molar refractivity (Wildman–Crippen MR) is 106 cm³/mol. The van der Waals surface area contributed by atoms with E-state index in [9.17, 15) is 4.79 Å². The summed E-state index contributed by atoms with van der Waals surface area (Å²) in [6.45, 7) is 3.91. The Hall–Kier alpha value is -3.07. The van der Waals surface area contributed by atoms with Gasteiger partial charge in [0.05, 0.1) is 5.92 Å². The Morgan fingerprint density at radius 2 is 1.38 bits per heavy atom. The molecule has 4 rings (SSSR count). The number of aryl methyl sites for hydroxylation is 1. The van der Waals surface area contributed by atoms with Crippen LogP contribution in [0.3, 0.4) is 0 Å². The number of carbonyl (C=O) groups is 1. The van der Waals surface area contributed by atoms with Gasteiger partial charge in [0.1, 0.15) is 11.5 Å². The minimum absolute atomic E-state index is 0.122. The Kier molecular flexibility index (Phi) is 5.37. The summed E-state index contributed by atoms with van der Waals surface area (Å²) in [7, 11) is 0. The first-order valence-electron chi connectivity index (χ1n) is 8.83. The van der Waals surface area contributed by atoms with Gasteiger partial charge in [-0.1, -0.05) is 61.0 Å². The van der Waals surface area contributed by atoms with Crippen LogP contribution in [0.2, 0.25) is 0 Å². The van der Waals surface area contributed by atoms with Crippen molar-refractivity contribution in [3.05, 3.63) is 89.5 Å². The van der Waals surface area contributed by atoms with Gasteiger partial charge >= 0.3 is 0 Å². The zero-order valence-electron chi connectivity index (χ0n) is 15.1.